The highest BCUT2D eigenvalue weighted by Gasteiger charge is 2.39. The van der Waals surface area contributed by atoms with Gasteiger partial charge in [0, 0.05) is 58.0 Å². The lowest BCUT2D eigenvalue weighted by Gasteiger charge is -2.36. The average Bonchev–Trinajstić information content (AvgIpc) is 3.47. The van der Waals surface area contributed by atoms with Gasteiger partial charge in [-0.2, -0.15) is 5.10 Å². The molecule has 0 spiro atoms. The van der Waals surface area contributed by atoms with E-state index in [9.17, 15) is 14.4 Å². The molecule has 158 valence electrons. The molecule has 0 aliphatic carbocycles. The van der Waals surface area contributed by atoms with Crippen LogP contribution in [0, 0.1) is 5.92 Å². The highest BCUT2D eigenvalue weighted by atomic mass is 16.5. The van der Waals surface area contributed by atoms with Crippen molar-refractivity contribution in [1.82, 2.24) is 19.6 Å². The Labute approximate surface area is 170 Å². The van der Waals surface area contributed by atoms with Gasteiger partial charge in [-0.15, -0.1) is 0 Å². The van der Waals surface area contributed by atoms with E-state index in [1.54, 1.807) is 20.9 Å². The lowest BCUT2D eigenvalue weighted by Crippen LogP contribution is -2.54. The summed E-state index contributed by atoms with van der Waals surface area (Å²) >= 11 is 0. The van der Waals surface area contributed by atoms with Gasteiger partial charge in [0.05, 0.1) is 17.8 Å². The first kappa shape index (κ1) is 19.9. The van der Waals surface area contributed by atoms with Gasteiger partial charge in [0.15, 0.2) is 0 Å². The van der Waals surface area contributed by atoms with Gasteiger partial charge in [0.25, 0.3) is 5.91 Å². The van der Waals surface area contributed by atoms with Crippen LogP contribution in [0.15, 0.2) is 12.4 Å². The van der Waals surface area contributed by atoms with E-state index in [1.807, 2.05) is 24.7 Å². The molecule has 9 heteroatoms. The first-order valence-corrected chi connectivity index (χ1v) is 10.5. The van der Waals surface area contributed by atoms with E-state index in [1.165, 1.54) is 0 Å². The molecule has 3 fully saturated rings. The minimum absolute atomic E-state index is 0.00122. The summed E-state index contributed by atoms with van der Waals surface area (Å²) < 4.78 is 7.29. The van der Waals surface area contributed by atoms with E-state index in [-0.39, 0.29) is 42.2 Å². The monoisotopic (exact) mass is 403 g/mol. The van der Waals surface area contributed by atoms with E-state index < -0.39 is 0 Å². The minimum Gasteiger partial charge on any atom is -0.368 e. The van der Waals surface area contributed by atoms with Gasteiger partial charge in [-0.3, -0.25) is 19.1 Å². The Kier molecular flexibility index (Phi) is 5.58. The fourth-order valence-electron chi connectivity index (χ4n) is 4.25. The lowest BCUT2D eigenvalue weighted by atomic mass is 10.1. The summed E-state index contributed by atoms with van der Waals surface area (Å²) in [5.74, 6) is -0.343. The zero-order valence-electron chi connectivity index (χ0n) is 17.1. The number of nitrogens with zero attached hydrogens (tertiary/aromatic N) is 5. The Bertz CT molecular complexity index is 778. The number of anilines is 1. The van der Waals surface area contributed by atoms with Crippen molar-refractivity contribution in [2.24, 2.45) is 5.92 Å². The van der Waals surface area contributed by atoms with Crippen LogP contribution in [-0.4, -0.2) is 82.7 Å². The number of carbonyl (C=O) groups is 3. The zero-order chi connectivity index (χ0) is 20.5. The Hall–Kier alpha value is -2.42. The molecule has 3 amide bonds. The maximum atomic E-state index is 13.0. The van der Waals surface area contributed by atoms with Gasteiger partial charge < -0.3 is 19.4 Å². The first-order valence-electron chi connectivity index (χ1n) is 10.5. The molecule has 9 nitrogen and oxygen atoms in total. The molecule has 0 saturated carbocycles. The highest BCUT2D eigenvalue weighted by Crippen LogP contribution is 2.27. The van der Waals surface area contributed by atoms with Crippen molar-refractivity contribution in [1.29, 1.82) is 0 Å². The molecule has 0 bridgehead atoms. The van der Waals surface area contributed by atoms with Gasteiger partial charge in [-0.05, 0) is 26.7 Å². The first-order chi connectivity index (χ1) is 13.9. The van der Waals surface area contributed by atoms with Crippen molar-refractivity contribution in [2.45, 2.75) is 45.3 Å². The molecule has 0 N–H and O–H groups in total. The molecule has 2 unspecified atom stereocenters. The van der Waals surface area contributed by atoms with Gasteiger partial charge in [-0.25, -0.2) is 0 Å². The van der Waals surface area contributed by atoms with Crippen LogP contribution in [-0.2, 0) is 19.1 Å². The molecule has 0 radical (unpaired) electrons. The summed E-state index contributed by atoms with van der Waals surface area (Å²) in [5, 5.41) is 4.29. The van der Waals surface area contributed by atoms with Crippen molar-refractivity contribution in [3.05, 3.63) is 12.4 Å². The molecule has 2 atom stereocenters. The number of hydrogen-bond acceptors (Lipinski definition) is 5. The molecule has 4 heterocycles. The fraction of sp³-hybridized carbons (Fsp3) is 0.700. The van der Waals surface area contributed by atoms with Crippen LogP contribution in [0.25, 0.3) is 0 Å². The van der Waals surface area contributed by atoms with E-state index in [4.69, 9.17) is 4.74 Å². The number of carbonyl (C=O) groups excluding carboxylic acids is 3. The second kappa shape index (κ2) is 8.14. The van der Waals surface area contributed by atoms with Crippen LogP contribution in [0.1, 0.15) is 39.2 Å². The van der Waals surface area contributed by atoms with Crippen LogP contribution in [0.5, 0.6) is 0 Å². The summed E-state index contributed by atoms with van der Waals surface area (Å²) in [6.07, 6.45) is 5.15. The molecular formula is C20H29N5O4. The zero-order valence-corrected chi connectivity index (χ0v) is 17.1. The third-order valence-corrected chi connectivity index (χ3v) is 6.01. The van der Waals surface area contributed by atoms with E-state index in [0.717, 1.165) is 18.5 Å². The molecule has 1 aromatic heterocycles. The van der Waals surface area contributed by atoms with E-state index in [2.05, 4.69) is 5.10 Å². The Morgan fingerprint density at radius 3 is 2.41 bits per heavy atom. The normalized spacial score (nSPS) is 25.3. The predicted octanol–water partition coefficient (Wildman–Crippen LogP) is 0.667. The van der Waals surface area contributed by atoms with Crippen molar-refractivity contribution in [3.8, 4) is 0 Å². The van der Waals surface area contributed by atoms with Crippen molar-refractivity contribution >= 4 is 23.4 Å². The molecule has 3 saturated heterocycles. The smallest absolute Gasteiger partial charge is 0.251 e. The van der Waals surface area contributed by atoms with Gasteiger partial charge in [0.2, 0.25) is 11.8 Å². The number of ether oxygens (including phenoxy) is 1. The predicted molar refractivity (Wildman–Crippen MR) is 105 cm³/mol. The van der Waals surface area contributed by atoms with Gasteiger partial charge >= 0.3 is 0 Å². The summed E-state index contributed by atoms with van der Waals surface area (Å²) in [6.45, 7) is 7.15. The topological polar surface area (TPSA) is 88.0 Å². The molecule has 29 heavy (non-hydrogen) atoms. The summed E-state index contributed by atoms with van der Waals surface area (Å²) in [5.41, 5.74) is 0.742. The molecule has 3 aliphatic rings. The molecule has 0 aromatic carbocycles. The maximum absolute atomic E-state index is 13.0. The standard InChI is InChI=1S/C20H29N5O4/c1-14(2)25-13-16(11-21-25)24-12-15(10-18(24)26)19(27)22-5-7-23(8-6-22)20(28)17-4-3-9-29-17/h11,13-15,17H,3-10,12H2,1-2H3. The van der Waals surface area contributed by atoms with Crippen molar-refractivity contribution in [3.63, 3.8) is 0 Å². The largest absolute Gasteiger partial charge is 0.368 e. The second-order valence-electron chi connectivity index (χ2n) is 8.33. The second-order valence-corrected chi connectivity index (χ2v) is 8.33. The Morgan fingerprint density at radius 2 is 1.83 bits per heavy atom. The van der Waals surface area contributed by atoms with Crippen LogP contribution in [0.4, 0.5) is 5.69 Å². The SMILES string of the molecule is CC(C)n1cc(N2CC(C(=O)N3CCN(C(=O)C4CCCO4)CC3)CC2=O)cn1. The number of amides is 3. The Balaban J connectivity index is 1.32. The molecule has 1 aromatic rings. The molecular weight excluding hydrogens is 374 g/mol. The fourth-order valence-corrected chi connectivity index (χ4v) is 4.25. The molecule has 3 aliphatic heterocycles. The summed E-state index contributed by atoms with van der Waals surface area (Å²) in [7, 11) is 0. The van der Waals surface area contributed by atoms with E-state index in [0.29, 0.717) is 39.3 Å². The summed E-state index contributed by atoms with van der Waals surface area (Å²) in [6, 6.07) is 0.215. The highest BCUT2D eigenvalue weighted by molar-refractivity contribution is 6.00. The maximum Gasteiger partial charge on any atom is 0.251 e. The van der Waals surface area contributed by atoms with Gasteiger partial charge in [-0.1, -0.05) is 0 Å². The number of hydrogen-bond donors (Lipinski definition) is 0. The van der Waals surface area contributed by atoms with Crippen LogP contribution in [0.3, 0.4) is 0 Å². The van der Waals surface area contributed by atoms with Crippen LogP contribution < -0.4 is 4.90 Å². The number of aromatic nitrogens is 2. The third kappa shape index (κ3) is 4.01. The van der Waals surface area contributed by atoms with Crippen LogP contribution >= 0.6 is 0 Å². The summed E-state index contributed by atoms with van der Waals surface area (Å²) in [4.78, 5) is 43.2. The van der Waals surface area contributed by atoms with E-state index >= 15 is 0 Å². The van der Waals surface area contributed by atoms with Crippen LogP contribution in [0.2, 0.25) is 0 Å². The lowest BCUT2D eigenvalue weighted by molar-refractivity contribution is -0.147. The Morgan fingerprint density at radius 1 is 1.14 bits per heavy atom. The minimum atomic E-state index is -0.342. The molecule has 4 rings (SSSR count). The number of piperazine rings is 1. The van der Waals surface area contributed by atoms with Crippen molar-refractivity contribution < 1.29 is 19.1 Å². The number of rotatable bonds is 4. The quantitative estimate of drug-likeness (QED) is 0.737. The third-order valence-electron chi connectivity index (χ3n) is 6.01. The van der Waals surface area contributed by atoms with Crippen molar-refractivity contribution in [2.75, 3.05) is 44.2 Å². The average molecular weight is 403 g/mol. The van der Waals surface area contributed by atoms with Gasteiger partial charge in [0.1, 0.15) is 6.10 Å².